The summed E-state index contributed by atoms with van der Waals surface area (Å²) in [4.78, 5) is 16.6. The maximum atomic E-state index is 12.3. The molecule has 1 aliphatic heterocycles. The summed E-state index contributed by atoms with van der Waals surface area (Å²) < 4.78 is 12.4. The maximum absolute atomic E-state index is 12.3. The summed E-state index contributed by atoms with van der Waals surface area (Å²) in [6, 6.07) is 5.71. The van der Waals surface area contributed by atoms with E-state index in [1.54, 1.807) is 6.20 Å². The van der Waals surface area contributed by atoms with Crippen molar-refractivity contribution in [2.45, 2.75) is 19.1 Å². The van der Waals surface area contributed by atoms with Crippen LogP contribution < -0.4 is 5.32 Å². The Bertz CT molecular complexity index is 700. The summed E-state index contributed by atoms with van der Waals surface area (Å²) in [5, 5.41) is 13.0. The molecule has 2 aromatic heterocycles. The van der Waals surface area contributed by atoms with Crippen LogP contribution in [0.5, 0.6) is 0 Å². The summed E-state index contributed by atoms with van der Waals surface area (Å²) in [7, 11) is 1.54. The molecule has 1 saturated heterocycles. The Hall–Kier alpha value is -1.96. The van der Waals surface area contributed by atoms with Gasteiger partial charge in [-0.15, -0.1) is 0 Å². The number of carbonyl (C=O) groups excluding carboxylic acids is 1. The van der Waals surface area contributed by atoms with Crippen LogP contribution in [0.1, 0.15) is 16.2 Å². The molecule has 3 heterocycles. The molecule has 0 radical (unpaired) electrons. The Balaban J connectivity index is 1.65. The monoisotopic (exact) mass is 319 g/mol. The molecule has 1 fully saturated rings. The van der Waals surface area contributed by atoms with E-state index < -0.39 is 6.10 Å². The third kappa shape index (κ3) is 3.21. The molecule has 0 bridgehead atoms. The fourth-order valence-corrected chi connectivity index (χ4v) is 2.80. The predicted molar refractivity (Wildman–Crippen MR) is 83.4 cm³/mol. The first-order chi connectivity index (χ1) is 11.1. The molecule has 0 spiro atoms. The molecule has 0 saturated carbocycles. The van der Waals surface area contributed by atoms with E-state index in [1.807, 2.05) is 29.5 Å². The predicted octanol–water partition coefficient (Wildman–Crippen LogP) is 0.395. The minimum Gasteiger partial charge on any atom is -0.390 e. The first kappa shape index (κ1) is 15.9. The van der Waals surface area contributed by atoms with Crippen molar-refractivity contribution in [3.63, 3.8) is 0 Å². The van der Waals surface area contributed by atoms with Gasteiger partial charge in [-0.3, -0.25) is 4.79 Å². The number of aliphatic hydroxyl groups excluding tert-OH is 1. The number of aryl methyl sites for hydroxylation is 1. The Labute approximate surface area is 134 Å². The molecular formula is C16H21N3O4. The molecule has 0 aromatic carbocycles. The number of aliphatic hydroxyl groups is 1. The highest BCUT2D eigenvalue weighted by Gasteiger charge is 2.33. The summed E-state index contributed by atoms with van der Waals surface area (Å²) in [6.45, 7) is 3.03. The van der Waals surface area contributed by atoms with Crippen molar-refractivity contribution < 1.29 is 19.4 Å². The summed E-state index contributed by atoms with van der Waals surface area (Å²) in [5.41, 5.74) is 2.09. The van der Waals surface area contributed by atoms with Crippen molar-refractivity contribution in [2.24, 2.45) is 5.92 Å². The SMILES string of the molecule is CO[C@@H]1COC[C@@H](CNC(=O)c2cn3c(C)cccc3n2)[C@@H]1O. The molecule has 3 rings (SSSR count). The molecule has 7 heteroatoms. The van der Waals surface area contributed by atoms with Crippen LogP contribution in [-0.4, -0.2) is 59.5 Å². The van der Waals surface area contributed by atoms with Crippen molar-refractivity contribution in [1.29, 1.82) is 0 Å². The van der Waals surface area contributed by atoms with Gasteiger partial charge in [0.15, 0.2) is 0 Å². The maximum Gasteiger partial charge on any atom is 0.271 e. The van der Waals surface area contributed by atoms with Crippen molar-refractivity contribution in [2.75, 3.05) is 26.9 Å². The van der Waals surface area contributed by atoms with Gasteiger partial charge >= 0.3 is 0 Å². The van der Waals surface area contributed by atoms with Crippen LogP contribution in [0.3, 0.4) is 0 Å². The Morgan fingerprint density at radius 3 is 3.09 bits per heavy atom. The highest BCUT2D eigenvalue weighted by Crippen LogP contribution is 2.17. The molecule has 0 aliphatic carbocycles. The molecular weight excluding hydrogens is 298 g/mol. The third-order valence-electron chi connectivity index (χ3n) is 4.23. The number of carbonyl (C=O) groups is 1. The summed E-state index contributed by atoms with van der Waals surface area (Å²) in [6.07, 6.45) is 0.701. The normalized spacial score (nSPS) is 24.7. The van der Waals surface area contributed by atoms with E-state index in [2.05, 4.69) is 10.3 Å². The highest BCUT2D eigenvalue weighted by atomic mass is 16.5. The number of fused-ring (bicyclic) bond motifs is 1. The molecule has 3 atom stereocenters. The van der Waals surface area contributed by atoms with Gasteiger partial charge in [0.25, 0.3) is 5.91 Å². The lowest BCUT2D eigenvalue weighted by Gasteiger charge is -2.33. The van der Waals surface area contributed by atoms with Crippen molar-refractivity contribution in [3.8, 4) is 0 Å². The van der Waals surface area contributed by atoms with E-state index in [1.165, 1.54) is 7.11 Å². The number of pyridine rings is 1. The zero-order chi connectivity index (χ0) is 16.4. The first-order valence-electron chi connectivity index (χ1n) is 7.61. The highest BCUT2D eigenvalue weighted by molar-refractivity contribution is 5.92. The second-order valence-electron chi connectivity index (χ2n) is 5.79. The van der Waals surface area contributed by atoms with Crippen LogP contribution in [0.2, 0.25) is 0 Å². The third-order valence-corrected chi connectivity index (χ3v) is 4.23. The smallest absolute Gasteiger partial charge is 0.271 e. The number of nitrogens with one attached hydrogen (secondary N) is 1. The van der Waals surface area contributed by atoms with E-state index >= 15 is 0 Å². The van der Waals surface area contributed by atoms with Crippen LogP contribution in [0.15, 0.2) is 24.4 Å². The summed E-state index contributed by atoms with van der Waals surface area (Å²) >= 11 is 0. The number of ether oxygens (including phenoxy) is 2. The number of aromatic nitrogens is 2. The lowest BCUT2D eigenvalue weighted by Crippen LogP contribution is -2.49. The minimum atomic E-state index is -0.655. The lowest BCUT2D eigenvalue weighted by molar-refractivity contribution is -0.132. The van der Waals surface area contributed by atoms with Gasteiger partial charge in [-0.05, 0) is 19.1 Å². The van der Waals surface area contributed by atoms with Gasteiger partial charge in [-0.25, -0.2) is 4.98 Å². The number of hydrogen-bond acceptors (Lipinski definition) is 5. The van der Waals surface area contributed by atoms with Crippen molar-refractivity contribution >= 4 is 11.6 Å². The van der Waals surface area contributed by atoms with Crippen LogP contribution in [-0.2, 0) is 9.47 Å². The molecule has 124 valence electrons. The van der Waals surface area contributed by atoms with Crippen LogP contribution >= 0.6 is 0 Å². The number of amides is 1. The fourth-order valence-electron chi connectivity index (χ4n) is 2.80. The minimum absolute atomic E-state index is 0.198. The number of imidazole rings is 1. The van der Waals surface area contributed by atoms with Gasteiger partial charge in [0, 0.05) is 31.5 Å². The lowest BCUT2D eigenvalue weighted by atomic mass is 9.96. The number of methoxy groups -OCH3 is 1. The second kappa shape index (κ2) is 6.66. The van der Waals surface area contributed by atoms with Crippen LogP contribution in [0.4, 0.5) is 0 Å². The zero-order valence-electron chi connectivity index (χ0n) is 13.2. The molecule has 7 nitrogen and oxygen atoms in total. The zero-order valence-corrected chi connectivity index (χ0v) is 13.2. The number of nitrogens with zero attached hydrogens (tertiary/aromatic N) is 2. The summed E-state index contributed by atoms with van der Waals surface area (Å²) in [5.74, 6) is -0.462. The standard InChI is InChI=1S/C16H21N3O4/c1-10-4-3-5-14-18-12(7-19(10)14)16(21)17-6-11-8-23-9-13(22-2)15(11)20/h3-5,7,11,13,15,20H,6,8-9H2,1-2H3,(H,17,21)/t11-,13-,15+/m1/s1. The van der Waals surface area contributed by atoms with Crippen LogP contribution in [0.25, 0.3) is 5.65 Å². The van der Waals surface area contributed by atoms with E-state index in [4.69, 9.17) is 9.47 Å². The molecule has 2 aromatic rings. The van der Waals surface area contributed by atoms with E-state index in [-0.39, 0.29) is 17.9 Å². The fraction of sp³-hybridized carbons (Fsp3) is 0.500. The van der Waals surface area contributed by atoms with Crippen molar-refractivity contribution in [3.05, 3.63) is 35.8 Å². The molecule has 23 heavy (non-hydrogen) atoms. The van der Waals surface area contributed by atoms with E-state index in [0.29, 0.717) is 25.5 Å². The quantitative estimate of drug-likeness (QED) is 0.852. The molecule has 1 amide bonds. The Kier molecular flexibility index (Phi) is 4.61. The largest absolute Gasteiger partial charge is 0.390 e. The van der Waals surface area contributed by atoms with Gasteiger partial charge in [0.1, 0.15) is 17.4 Å². The van der Waals surface area contributed by atoms with Gasteiger partial charge in [0.05, 0.1) is 19.3 Å². The van der Waals surface area contributed by atoms with E-state index in [0.717, 1.165) is 11.3 Å². The van der Waals surface area contributed by atoms with Crippen molar-refractivity contribution in [1.82, 2.24) is 14.7 Å². The van der Waals surface area contributed by atoms with Gasteiger partial charge in [-0.1, -0.05) is 6.07 Å². The second-order valence-corrected chi connectivity index (χ2v) is 5.79. The Morgan fingerprint density at radius 1 is 1.52 bits per heavy atom. The van der Waals surface area contributed by atoms with Gasteiger partial charge in [-0.2, -0.15) is 0 Å². The number of hydrogen-bond donors (Lipinski definition) is 2. The number of rotatable bonds is 4. The Morgan fingerprint density at radius 2 is 2.35 bits per heavy atom. The van der Waals surface area contributed by atoms with Crippen LogP contribution in [0, 0.1) is 12.8 Å². The van der Waals surface area contributed by atoms with E-state index in [9.17, 15) is 9.90 Å². The molecule has 2 N–H and O–H groups in total. The van der Waals surface area contributed by atoms with Gasteiger partial charge in [0.2, 0.25) is 0 Å². The molecule has 0 unspecified atom stereocenters. The van der Waals surface area contributed by atoms with Gasteiger partial charge < -0.3 is 24.3 Å². The average Bonchev–Trinajstić information content (AvgIpc) is 2.99. The average molecular weight is 319 g/mol. The first-order valence-corrected chi connectivity index (χ1v) is 7.61. The molecule has 1 aliphatic rings. The topological polar surface area (TPSA) is 85.1 Å².